The largest absolute Gasteiger partial charge is 0.361 e. The van der Waals surface area contributed by atoms with E-state index in [1.807, 2.05) is 20.8 Å². The molecule has 3 heterocycles. The highest BCUT2D eigenvalue weighted by molar-refractivity contribution is 7.91. The quantitative estimate of drug-likeness (QED) is 0.772. The molecular weight excluding hydrogens is 358 g/mol. The van der Waals surface area contributed by atoms with E-state index in [9.17, 15) is 18.0 Å². The van der Waals surface area contributed by atoms with E-state index in [4.69, 9.17) is 4.52 Å². The van der Waals surface area contributed by atoms with Gasteiger partial charge in [0.2, 0.25) is 0 Å². The van der Waals surface area contributed by atoms with Gasteiger partial charge < -0.3 is 14.3 Å². The Morgan fingerprint density at radius 2 is 1.88 bits per heavy atom. The molecule has 1 aromatic rings. The van der Waals surface area contributed by atoms with Crippen molar-refractivity contribution in [1.29, 1.82) is 0 Å². The predicted molar refractivity (Wildman–Crippen MR) is 94.6 cm³/mol. The maximum absolute atomic E-state index is 12.6. The van der Waals surface area contributed by atoms with Gasteiger partial charge in [-0.1, -0.05) is 25.9 Å². The number of Topliss-reactive ketones (excluding diaryl/α,β-unsaturated/α-hetero) is 1. The van der Waals surface area contributed by atoms with Gasteiger partial charge in [-0.2, -0.15) is 0 Å². The number of aromatic nitrogens is 1. The van der Waals surface area contributed by atoms with E-state index in [-0.39, 0.29) is 48.2 Å². The highest BCUT2D eigenvalue weighted by atomic mass is 32.2. The van der Waals surface area contributed by atoms with Crippen molar-refractivity contribution in [2.24, 2.45) is 0 Å². The monoisotopic (exact) mass is 383 g/mol. The lowest BCUT2D eigenvalue weighted by Crippen LogP contribution is -2.60. The van der Waals surface area contributed by atoms with Crippen molar-refractivity contribution < 1.29 is 22.5 Å². The first kappa shape index (κ1) is 18.9. The lowest BCUT2D eigenvalue weighted by Gasteiger charge is -2.43. The number of urea groups is 1. The predicted octanol–water partition coefficient (Wildman–Crippen LogP) is 1.01. The van der Waals surface area contributed by atoms with Gasteiger partial charge in [-0.05, 0) is 6.42 Å². The van der Waals surface area contributed by atoms with Crippen molar-refractivity contribution in [3.63, 3.8) is 0 Å². The number of amides is 2. The Morgan fingerprint density at radius 1 is 1.23 bits per heavy atom. The average Bonchev–Trinajstić information content (AvgIpc) is 2.94. The van der Waals surface area contributed by atoms with E-state index in [1.54, 1.807) is 6.07 Å². The second-order valence-electron chi connectivity index (χ2n) is 7.99. The molecule has 0 spiro atoms. The molecule has 0 bridgehead atoms. The maximum Gasteiger partial charge on any atom is 0.320 e. The molecule has 144 valence electrons. The molecule has 2 aliphatic rings. The SMILES string of the molecule is CC(C)(C)c1cc(CC(=O)[C@@H]2CCN2C(=O)N2CCS(=O)(=O)CC2)on1. The minimum absolute atomic E-state index is 0.0150. The summed E-state index contributed by atoms with van der Waals surface area (Å²) in [5.74, 6) is 0.395. The fraction of sp³-hybridized carbons (Fsp3) is 0.706. The molecule has 3 rings (SSSR count). The zero-order valence-electron chi connectivity index (χ0n) is 15.4. The van der Waals surface area contributed by atoms with Crippen LogP contribution in [0, 0.1) is 0 Å². The highest BCUT2D eigenvalue weighted by Gasteiger charge is 2.40. The second-order valence-corrected chi connectivity index (χ2v) is 10.3. The number of carbonyl (C=O) groups is 2. The topological polar surface area (TPSA) is 101 Å². The van der Waals surface area contributed by atoms with Gasteiger partial charge in [0.1, 0.15) is 5.76 Å². The average molecular weight is 383 g/mol. The van der Waals surface area contributed by atoms with Gasteiger partial charge in [-0.15, -0.1) is 0 Å². The number of rotatable bonds is 3. The third kappa shape index (κ3) is 3.92. The molecule has 2 saturated heterocycles. The van der Waals surface area contributed by atoms with Crippen molar-refractivity contribution in [1.82, 2.24) is 15.0 Å². The number of nitrogens with zero attached hydrogens (tertiary/aromatic N) is 3. The Labute approximate surface area is 153 Å². The van der Waals surface area contributed by atoms with E-state index in [2.05, 4.69) is 5.16 Å². The molecule has 1 atom stereocenters. The van der Waals surface area contributed by atoms with Crippen molar-refractivity contribution in [2.45, 2.75) is 45.1 Å². The third-order valence-corrected chi connectivity index (χ3v) is 6.54. The van der Waals surface area contributed by atoms with Gasteiger partial charge in [-0.25, -0.2) is 13.2 Å². The van der Waals surface area contributed by atoms with E-state index >= 15 is 0 Å². The summed E-state index contributed by atoms with van der Waals surface area (Å²) in [6, 6.07) is 1.07. The van der Waals surface area contributed by atoms with Crippen LogP contribution < -0.4 is 0 Å². The van der Waals surface area contributed by atoms with Gasteiger partial charge >= 0.3 is 6.03 Å². The Bertz CT molecular complexity index is 795. The van der Waals surface area contributed by atoms with Gasteiger partial charge in [0.25, 0.3) is 0 Å². The third-order valence-electron chi connectivity index (χ3n) is 4.93. The molecule has 0 aromatic carbocycles. The summed E-state index contributed by atoms with van der Waals surface area (Å²) < 4.78 is 28.3. The summed E-state index contributed by atoms with van der Waals surface area (Å²) in [7, 11) is -3.04. The lowest BCUT2D eigenvalue weighted by atomic mass is 9.91. The van der Waals surface area contributed by atoms with Crippen molar-refractivity contribution >= 4 is 21.7 Å². The summed E-state index contributed by atoms with van der Waals surface area (Å²) in [5.41, 5.74) is 0.633. The van der Waals surface area contributed by atoms with E-state index < -0.39 is 15.9 Å². The molecule has 1 aromatic heterocycles. The number of hydrogen-bond acceptors (Lipinski definition) is 6. The Hall–Kier alpha value is -1.90. The molecule has 2 fully saturated rings. The van der Waals surface area contributed by atoms with Crippen LogP contribution in [0.1, 0.15) is 38.6 Å². The number of likely N-dealkylation sites (tertiary alicyclic amines) is 1. The van der Waals surface area contributed by atoms with Gasteiger partial charge in [0, 0.05) is 31.1 Å². The minimum atomic E-state index is -3.04. The zero-order chi connectivity index (χ0) is 19.1. The summed E-state index contributed by atoms with van der Waals surface area (Å²) in [5, 5.41) is 4.01. The Morgan fingerprint density at radius 3 is 2.38 bits per heavy atom. The number of ketones is 1. The molecule has 0 N–H and O–H groups in total. The van der Waals surface area contributed by atoms with Crippen molar-refractivity contribution in [3.8, 4) is 0 Å². The van der Waals surface area contributed by atoms with E-state index in [1.165, 1.54) is 9.80 Å². The van der Waals surface area contributed by atoms with Crippen LogP contribution in [0.4, 0.5) is 4.79 Å². The second kappa shape index (κ2) is 6.68. The van der Waals surface area contributed by atoms with Gasteiger partial charge in [-0.3, -0.25) is 4.79 Å². The van der Waals surface area contributed by atoms with E-state index in [0.717, 1.165) is 5.69 Å². The summed E-state index contributed by atoms with van der Waals surface area (Å²) in [6.07, 6.45) is 0.725. The van der Waals surface area contributed by atoms with Crippen LogP contribution in [0.15, 0.2) is 10.6 Å². The van der Waals surface area contributed by atoms with Gasteiger partial charge in [0.05, 0.1) is 29.7 Å². The maximum atomic E-state index is 12.6. The Balaban J connectivity index is 1.59. The molecule has 26 heavy (non-hydrogen) atoms. The Kier molecular flexibility index (Phi) is 4.85. The highest BCUT2D eigenvalue weighted by Crippen LogP contribution is 2.25. The fourth-order valence-electron chi connectivity index (χ4n) is 3.08. The van der Waals surface area contributed by atoms with Gasteiger partial charge in [0.15, 0.2) is 15.6 Å². The van der Waals surface area contributed by atoms with E-state index in [0.29, 0.717) is 18.7 Å². The molecule has 8 nitrogen and oxygen atoms in total. The molecule has 0 saturated carbocycles. The first-order valence-electron chi connectivity index (χ1n) is 8.81. The molecule has 0 unspecified atom stereocenters. The van der Waals surface area contributed by atoms with Crippen LogP contribution in [0.2, 0.25) is 0 Å². The molecule has 2 aliphatic heterocycles. The standard InChI is InChI=1S/C17H25N3O5S/c1-17(2,3)15-11-12(25-18-15)10-14(21)13-4-5-20(13)16(22)19-6-8-26(23,24)9-7-19/h11,13H,4-10H2,1-3H3/t13-/m0/s1. The fourth-order valence-corrected chi connectivity index (χ4v) is 4.28. The first-order chi connectivity index (χ1) is 12.1. The summed E-state index contributed by atoms with van der Waals surface area (Å²) >= 11 is 0. The minimum Gasteiger partial charge on any atom is -0.361 e. The van der Waals surface area contributed by atoms with Crippen LogP contribution in [0.5, 0.6) is 0 Å². The molecular formula is C17H25N3O5S. The number of sulfone groups is 1. The molecule has 0 aliphatic carbocycles. The van der Waals surface area contributed by atoms with Crippen molar-refractivity contribution in [3.05, 3.63) is 17.5 Å². The van der Waals surface area contributed by atoms with Crippen LogP contribution in [0.3, 0.4) is 0 Å². The van der Waals surface area contributed by atoms with Crippen LogP contribution in [0.25, 0.3) is 0 Å². The number of carbonyl (C=O) groups excluding carboxylic acids is 2. The first-order valence-corrected chi connectivity index (χ1v) is 10.6. The molecule has 0 radical (unpaired) electrons. The molecule has 9 heteroatoms. The zero-order valence-corrected chi connectivity index (χ0v) is 16.2. The van der Waals surface area contributed by atoms with Crippen molar-refractivity contribution in [2.75, 3.05) is 31.1 Å². The number of hydrogen-bond donors (Lipinski definition) is 0. The van der Waals surface area contributed by atoms with Crippen LogP contribution >= 0.6 is 0 Å². The van der Waals surface area contributed by atoms with Crippen LogP contribution in [-0.2, 0) is 26.5 Å². The smallest absolute Gasteiger partial charge is 0.320 e. The molecule has 2 amide bonds. The normalized spacial score (nSPS) is 22.8. The van der Waals surface area contributed by atoms with Crippen LogP contribution in [-0.4, -0.2) is 72.4 Å². The summed E-state index contributed by atoms with van der Waals surface area (Å²) in [6.45, 7) is 6.94. The summed E-state index contributed by atoms with van der Waals surface area (Å²) in [4.78, 5) is 28.2. The lowest BCUT2D eigenvalue weighted by molar-refractivity contribution is -0.126.